The maximum atomic E-state index is 12.8. The Hall–Kier alpha value is -2.70. The van der Waals surface area contributed by atoms with Gasteiger partial charge < -0.3 is 10.1 Å². The van der Waals surface area contributed by atoms with Gasteiger partial charge in [-0.2, -0.15) is 0 Å². The fourth-order valence-corrected chi connectivity index (χ4v) is 4.01. The molecular formula is C20H24N2O5. The van der Waals surface area contributed by atoms with E-state index in [9.17, 15) is 19.7 Å². The minimum Gasteiger partial charge on any atom is -0.462 e. The van der Waals surface area contributed by atoms with Gasteiger partial charge in [0.15, 0.2) is 0 Å². The summed E-state index contributed by atoms with van der Waals surface area (Å²) < 4.78 is 5.56. The van der Waals surface area contributed by atoms with Crippen molar-refractivity contribution in [3.8, 4) is 0 Å². The summed E-state index contributed by atoms with van der Waals surface area (Å²) in [5, 5.41) is 14.1. The number of hydrogen-bond acceptors (Lipinski definition) is 5. The lowest BCUT2D eigenvalue weighted by atomic mass is 9.83. The van der Waals surface area contributed by atoms with E-state index in [0.717, 1.165) is 25.7 Å². The summed E-state index contributed by atoms with van der Waals surface area (Å²) in [6.45, 7) is 1.99. The van der Waals surface area contributed by atoms with Crippen molar-refractivity contribution in [3.05, 3.63) is 51.2 Å². The molecule has 144 valence electrons. The van der Waals surface area contributed by atoms with Gasteiger partial charge in [0.25, 0.3) is 5.69 Å². The summed E-state index contributed by atoms with van der Waals surface area (Å²) in [7, 11) is 0. The van der Waals surface area contributed by atoms with Crippen molar-refractivity contribution in [2.45, 2.75) is 51.4 Å². The summed E-state index contributed by atoms with van der Waals surface area (Å²) in [5.74, 6) is -1.08. The highest BCUT2D eigenvalue weighted by Gasteiger charge is 2.36. The topological polar surface area (TPSA) is 98.5 Å². The minimum atomic E-state index is -0.681. The van der Waals surface area contributed by atoms with Crippen molar-refractivity contribution in [2.75, 3.05) is 6.61 Å². The van der Waals surface area contributed by atoms with Gasteiger partial charge in [-0.1, -0.05) is 37.5 Å². The van der Waals surface area contributed by atoms with Crippen LogP contribution in [0.25, 0.3) is 0 Å². The highest BCUT2D eigenvalue weighted by Crippen LogP contribution is 2.38. The van der Waals surface area contributed by atoms with E-state index in [-0.39, 0.29) is 18.0 Å². The number of para-hydroxylation sites is 1. The molecule has 1 heterocycles. The van der Waals surface area contributed by atoms with Gasteiger partial charge in [0.05, 0.1) is 17.1 Å². The SMILES string of the molecule is CC1=C(C(=O)OCC2CCCCC2)[C@H](c2ccccc2[N+](=O)[O-])CC(=O)N1. The smallest absolute Gasteiger partial charge is 0.336 e. The third-order valence-corrected chi connectivity index (χ3v) is 5.37. The summed E-state index contributed by atoms with van der Waals surface area (Å²) in [5.41, 5.74) is 0.978. The monoisotopic (exact) mass is 372 g/mol. The molecule has 7 heteroatoms. The van der Waals surface area contributed by atoms with Gasteiger partial charge in [-0.15, -0.1) is 0 Å². The number of nitro benzene ring substituents is 1. The van der Waals surface area contributed by atoms with Crippen LogP contribution in [0.1, 0.15) is 56.9 Å². The van der Waals surface area contributed by atoms with Gasteiger partial charge in [0.1, 0.15) is 0 Å². The highest BCUT2D eigenvalue weighted by atomic mass is 16.6. The van der Waals surface area contributed by atoms with Crippen LogP contribution < -0.4 is 5.32 Å². The fourth-order valence-electron chi connectivity index (χ4n) is 4.01. The lowest BCUT2D eigenvalue weighted by Crippen LogP contribution is -2.34. The van der Waals surface area contributed by atoms with E-state index in [1.54, 1.807) is 25.1 Å². The van der Waals surface area contributed by atoms with Crippen LogP contribution in [0.15, 0.2) is 35.5 Å². The maximum Gasteiger partial charge on any atom is 0.336 e. The van der Waals surface area contributed by atoms with Crippen LogP contribution >= 0.6 is 0 Å². The van der Waals surface area contributed by atoms with Crippen LogP contribution in [0.2, 0.25) is 0 Å². The van der Waals surface area contributed by atoms with Crippen molar-refractivity contribution in [1.29, 1.82) is 0 Å². The first-order chi connectivity index (χ1) is 13.0. The molecule has 3 rings (SSSR count). The Morgan fingerprint density at radius 3 is 2.67 bits per heavy atom. The van der Waals surface area contributed by atoms with Gasteiger partial charge in [-0.05, 0) is 25.7 Å². The highest BCUT2D eigenvalue weighted by molar-refractivity contribution is 5.96. The second kappa shape index (κ2) is 8.33. The van der Waals surface area contributed by atoms with E-state index in [1.807, 2.05) is 0 Å². The molecule has 2 aliphatic rings. The summed E-state index contributed by atoms with van der Waals surface area (Å²) in [6, 6.07) is 6.24. The Kier molecular flexibility index (Phi) is 5.88. The van der Waals surface area contributed by atoms with Gasteiger partial charge in [-0.25, -0.2) is 4.79 Å². The Morgan fingerprint density at radius 1 is 1.26 bits per heavy atom. The third-order valence-electron chi connectivity index (χ3n) is 5.37. The first-order valence-corrected chi connectivity index (χ1v) is 9.38. The number of rotatable bonds is 5. The maximum absolute atomic E-state index is 12.8. The normalized spacial score (nSPS) is 20.9. The number of hydrogen-bond donors (Lipinski definition) is 1. The molecule has 1 aromatic carbocycles. The molecule has 1 saturated carbocycles. The predicted molar refractivity (Wildman–Crippen MR) is 98.8 cm³/mol. The van der Waals surface area contributed by atoms with E-state index in [4.69, 9.17) is 4.74 Å². The standard InChI is InChI=1S/C20H24N2O5/c1-13-19(20(24)27-12-14-7-3-2-4-8-14)16(11-18(23)21-13)15-9-5-6-10-17(15)22(25)26/h5-6,9-10,14,16H,2-4,7-8,11-12H2,1H3,(H,21,23)/t16-/m0/s1. The molecule has 0 aromatic heterocycles. The molecule has 1 atom stereocenters. The molecule has 27 heavy (non-hydrogen) atoms. The zero-order valence-electron chi connectivity index (χ0n) is 15.4. The molecule has 0 unspecified atom stereocenters. The third kappa shape index (κ3) is 4.35. The first kappa shape index (κ1) is 19.1. The molecule has 0 radical (unpaired) electrons. The lowest BCUT2D eigenvalue weighted by Gasteiger charge is -2.27. The van der Waals surface area contributed by atoms with Crippen LogP contribution in [-0.2, 0) is 14.3 Å². The van der Waals surface area contributed by atoms with Crippen LogP contribution in [0.3, 0.4) is 0 Å². The van der Waals surface area contributed by atoms with Gasteiger partial charge in [0, 0.05) is 29.7 Å². The largest absolute Gasteiger partial charge is 0.462 e. The Balaban J connectivity index is 1.86. The second-order valence-electron chi connectivity index (χ2n) is 7.26. The number of nitro groups is 1. The number of nitrogens with zero attached hydrogens (tertiary/aromatic N) is 1. The quantitative estimate of drug-likeness (QED) is 0.484. The van der Waals surface area contributed by atoms with Crippen LogP contribution in [0.4, 0.5) is 5.69 Å². The number of ether oxygens (including phenoxy) is 1. The summed E-state index contributed by atoms with van der Waals surface area (Å²) >= 11 is 0. The van der Waals surface area contributed by atoms with Crippen LogP contribution in [0.5, 0.6) is 0 Å². The van der Waals surface area contributed by atoms with Crippen molar-refractivity contribution in [1.82, 2.24) is 5.32 Å². The van der Waals surface area contributed by atoms with Crippen molar-refractivity contribution < 1.29 is 19.2 Å². The lowest BCUT2D eigenvalue weighted by molar-refractivity contribution is -0.385. The van der Waals surface area contributed by atoms with E-state index in [0.29, 0.717) is 29.4 Å². The van der Waals surface area contributed by atoms with Crippen LogP contribution in [-0.4, -0.2) is 23.4 Å². The molecule has 1 aromatic rings. The molecule has 0 bridgehead atoms. The molecule has 0 saturated heterocycles. The Morgan fingerprint density at radius 2 is 1.96 bits per heavy atom. The zero-order valence-corrected chi connectivity index (χ0v) is 15.4. The van der Waals surface area contributed by atoms with Crippen LogP contribution in [0, 0.1) is 16.0 Å². The van der Waals surface area contributed by atoms with Gasteiger partial charge >= 0.3 is 5.97 Å². The molecule has 1 fully saturated rings. The predicted octanol–water partition coefficient (Wildman–Crippen LogP) is 3.60. The molecule has 1 amide bonds. The Labute approximate surface area is 157 Å². The molecule has 1 aliphatic heterocycles. The molecule has 7 nitrogen and oxygen atoms in total. The molecule has 0 spiro atoms. The number of benzene rings is 1. The molecule has 1 N–H and O–H groups in total. The Bertz CT molecular complexity index is 780. The summed E-state index contributed by atoms with van der Waals surface area (Å²) in [4.78, 5) is 35.8. The minimum absolute atomic E-state index is 0.0178. The number of carbonyl (C=O) groups is 2. The number of allylic oxidation sites excluding steroid dienone is 1. The first-order valence-electron chi connectivity index (χ1n) is 9.38. The number of nitrogens with one attached hydrogen (secondary N) is 1. The summed E-state index contributed by atoms with van der Waals surface area (Å²) in [6.07, 6.45) is 5.61. The van der Waals surface area contributed by atoms with E-state index in [2.05, 4.69) is 5.32 Å². The van der Waals surface area contributed by atoms with Crippen molar-refractivity contribution in [3.63, 3.8) is 0 Å². The zero-order chi connectivity index (χ0) is 19.4. The number of amides is 1. The number of esters is 1. The van der Waals surface area contributed by atoms with E-state index < -0.39 is 16.8 Å². The average molecular weight is 372 g/mol. The van der Waals surface area contributed by atoms with E-state index >= 15 is 0 Å². The van der Waals surface area contributed by atoms with Crippen molar-refractivity contribution in [2.24, 2.45) is 5.92 Å². The average Bonchev–Trinajstić information content (AvgIpc) is 2.66. The molecule has 1 aliphatic carbocycles. The number of carbonyl (C=O) groups excluding carboxylic acids is 2. The van der Waals surface area contributed by atoms with E-state index in [1.165, 1.54) is 12.5 Å². The van der Waals surface area contributed by atoms with Crippen molar-refractivity contribution >= 4 is 17.6 Å². The van der Waals surface area contributed by atoms with Gasteiger partial charge in [0.2, 0.25) is 5.91 Å². The second-order valence-corrected chi connectivity index (χ2v) is 7.26. The van der Waals surface area contributed by atoms with Gasteiger partial charge in [-0.3, -0.25) is 14.9 Å². The molecular weight excluding hydrogens is 348 g/mol. The fraction of sp³-hybridized carbons (Fsp3) is 0.500.